The van der Waals surface area contributed by atoms with Crippen molar-refractivity contribution in [2.45, 2.75) is 59.4 Å². The van der Waals surface area contributed by atoms with E-state index in [0.29, 0.717) is 24.1 Å². The quantitative estimate of drug-likeness (QED) is 0.181. The zero-order valence-corrected chi connectivity index (χ0v) is 23.6. The SMILES string of the molecule is CC(C)N1CC(c2ccc(/C(=C(/CCC(=O)O)c3ccccc3)c3ccc(OC(=O)C(C)(C)C)cc3)cc2)C1. The lowest BCUT2D eigenvalue weighted by molar-refractivity contribution is -0.143. The van der Waals surface area contributed by atoms with Gasteiger partial charge in [0.25, 0.3) is 0 Å². The number of carbonyl (C=O) groups excluding carboxylic acids is 1. The summed E-state index contributed by atoms with van der Waals surface area (Å²) in [6.07, 6.45) is 0.420. The number of likely N-dealkylation sites (tertiary alicyclic amines) is 1. The molecule has 0 spiro atoms. The van der Waals surface area contributed by atoms with Gasteiger partial charge in [0, 0.05) is 31.5 Å². The fourth-order valence-corrected chi connectivity index (χ4v) is 4.82. The Morgan fingerprint density at radius 1 is 0.846 bits per heavy atom. The predicted octanol–water partition coefficient (Wildman–Crippen LogP) is 7.27. The van der Waals surface area contributed by atoms with Crippen molar-refractivity contribution in [1.82, 2.24) is 4.90 Å². The third-order valence-corrected chi connectivity index (χ3v) is 7.29. The summed E-state index contributed by atoms with van der Waals surface area (Å²) in [7, 11) is 0. The lowest BCUT2D eigenvalue weighted by atomic mass is 9.85. The number of ether oxygens (including phenoxy) is 1. The first-order valence-electron chi connectivity index (χ1n) is 13.7. The molecule has 1 fully saturated rings. The molecule has 0 aromatic heterocycles. The lowest BCUT2D eigenvalue weighted by Crippen LogP contribution is -2.48. The van der Waals surface area contributed by atoms with Gasteiger partial charge < -0.3 is 9.84 Å². The molecule has 0 bridgehead atoms. The molecule has 3 aromatic carbocycles. The third kappa shape index (κ3) is 7.04. The number of aliphatic carboxylic acids is 1. The van der Waals surface area contributed by atoms with Crippen molar-refractivity contribution in [1.29, 1.82) is 0 Å². The van der Waals surface area contributed by atoms with Gasteiger partial charge in [-0.15, -0.1) is 0 Å². The van der Waals surface area contributed by atoms with E-state index in [1.165, 1.54) is 5.56 Å². The van der Waals surface area contributed by atoms with Crippen LogP contribution in [0, 0.1) is 5.41 Å². The maximum absolute atomic E-state index is 12.4. The first kappa shape index (κ1) is 28.3. The second-order valence-electron chi connectivity index (χ2n) is 11.6. The number of carboxylic acid groups (broad SMARTS) is 1. The number of hydrogen-bond donors (Lipinski definition) is 1. The van der Waals surface area contributed by atoms with Gasteiger partial charge >= 0.3 is 11.9 Å². The Hall–Kier alpha value is -3.70. The Bertz CT molecular complexity index is 1310. The van der Waals surface area contributed by atoms with Crippen LogP contribution in [0.1, 0.15) is 75.6 Å². The maximum atomic E-state index is 12.4. The normalized spacial score (nSPS) is 15.0. The molecule has 0 atom stereocenters. The highest BCUT2D eigenvalue weighted by atomic mass is 16.5. The van der Waals surface area contributed by atoms with Crippen LogP contribution in [-0.2, 0) is 9.59 Å². The number of rotatable bonds is 9. The summed E-state index contributed by atoms with van der Waals surface area (Å²) in [5, 5.41) is 9.53. The van der Waals surface area contributed by atoms with Crippen molar-refractivity contribution in [3.63, 3.8) is 0 Å². The topological polar surface area (TPSA) is 66.8 Å². The molecule has 1 N–H and O–H groups in total. The Morgan fingerprint density at radius 2 is 1.41 bits per heavy atom. The van der Waals surface area contributed by atoms with E-state index in [1.54, 1.807) is 0 Å². The van der Waals surface area contributed by atoms with Gasteiger partial charge in [0.2, 0.25) is 0 Å². The van der Waals surface area contributed by atoms with E-state index in [0.717, 1.165) is 40.9 Å². The van der Waals surface area contributed by atoms with Gasteiger partial charge in [0.15, 0.2) is 0 Å². The fraction of sp³-hybridized carbons (Fsp3) is 0.353. The Kier molecular flexibility index (Phi) is 8.71. The monoisotopic (exact) mass is 525 g/mol. The number of allylic oxidation sites excluding steroid dienone is 1. The summed E-state index contributed by atoms with van der Waals surface area (Å²) in [6.45, 7) is 12.1. The van der Waals surface area contributed by atoms with E-state index in [1.807, 2.05) is 75.4 Å². The average molecular weight is 526 g/mol. The number of hydrogen-bond acceptors (Lipinski definition) is 4. The number of benzene rings is 3. The summed E-state index contributed by atoms with van der Waals surface area (Å²) < 4.78 is 5.59. The molecule has 5 nitrogen and oxygen atoms in total. The Morgan fingerprint density at radius 3 is 1.92 bits per heavy atom. The molecule has 0 saturated carbocycles. The lowest BCUT2D eigenvalue weighted by Gasteiger charge is -2.42. The van der Waals surface area contributed by atoms with Crippen molar-refractivity contribution in [3.8, 4) is 5.75 Å². The molecule has 4 rings (SSSR count). The molecule has 3 aromatic rings. The van der Waals surface area contributed by atoms with E-state index >= 15 is 0 Å². The standard InChI is InChI=1S/C34H39NO4/c1-23(2)35-21-28(22-35)24-11-13-26(14-12-24)32(30(19-20-31(36)37)25-9-7-6-8-10-25)27-15-17-29(18-16-27)39-33(38)34(3,4)5/h6-18,23,28H,19-22H2,1-5H3,(H,36,37)/b32-30+. The number of esters is 1. The molecule has 0 amide bonds. The van der Waals surface area contributed by atoms with Gasteiger partial charge in [0.05, 0.1) is 5.41 Å². The molecule has 5 heteroatoms. The molecule has 204 valence electrons. The predicted molar refractivity (Wildman–Crippen MR) is 157 cm³/mol. The van der Waals surface area contributed by atoms with Crippen LogP contribution in [0.3, 0.4) is 0 Å². The van der Waals surface area contributed by atoms with Crippen LogP contribution in [0.4, 0.5) is 0 Å². The molecule has 0 aliphatic carbocycles. The number of carboxylic acids is 1. The Labute approximate surface area is 232 Å². The molecule has 39 heavy (non-hydrogen) atoms. The molecule has 1 aliphatic heterocycles. The van der Waals surface area contributed by atoms with E-state index in [4.69, 9.17) is 4.74 Å². The zero-order chi connectivity index (χ0) is 28.2. The van der Waals surface area contributed by atoms with Gasteiger partial charge in [-0.1, -0.05) is 66.7 Å². The van der Waals surface area contributed by atoms with E-state index in [2.05, 4.69) is 43.0 Å². The molecule has 1 heterocycles. The van der Waals surface area contributed by atoms with Gasteiger partial charge in [0.1, 0.15) is 5.75 Å². The first-order chi connectivity index (χ1) is 18.5. The second kappa shape index (κ2) is 12.0. The minimum atomic E-state index is -0.831. The minimum Gasteiger partial charge on any atom is -0.481 e. The van der Waals surface area contributed by atoms with Gasteiger partial charge in [-0.3, -0.25) is 14.5 Å². The highest BCUT2D eigenvalue weighted by molar-refractivity contribution is 5.99. The number of carbonyl (C=O) groups is 2. The molecule has 1 aliphatic rings. The van der Waals surface area contributed by atoms with Crippen LogP contribution in [0.5, 0.6) is 5.75 Å². The summed E-state index contributed by atoms with van der Waals surface area (Å²) in [5.41, 5.74) is 5.65. The van der Waals surface area contributed by atoms with Gasteiger partial charge in [-0.25, -0.2) is 0 Å². The van der Waals surface area contributed by atoms with Crippen LogP contribution >= 0.6 is 0 Å². The van der Waals surface area contributed by atoms with Crippen LogP contribution in [0.2, 0.25) is 0 Å². The summed E-state index contributed by atoms with van der Waals surface area (Å²) in [6, 6.07) is 26.8. The fourth-order valence-electron chi connectivity index (χ4n) is 4.82. The Balaban J connectivity index is 1.75. The van der Waals surface area contributed by atoms with E-state index in [-0.39, 0.29) is 12.4 Å². The van der Waals surface area contributed by atoms with Crippen molar-refractivity contribution >= 4 is 23.1 Å². The smallest absolute Gasteiger partial charge is 0.316 e. The van der Waals surface area contributed by atoms with Crippen LogP contribution in [0.15, 0.2) is 78.9 Å². The zero-order valence-electron chi connectivity index (χ0n) is 23.6. The van der Waals surface area contributed by atoms with E-state index < -0.39 is 11.4 Å². The molecular weight excluding hydrogens is 486 g/mol. The van der Waals surface area contributed by atoms with Crippen molar-refractivity contribution < 1.29 is 19.4 Å². The minimum absolute atomic E-state index is 0.0280. The van der Waals surface area contributed by atoms with E-state index in [9.17, 15) is 14.7 Å². The summed E-state index contributed by atoms with van der Waals surface area (Å²) >= 11 is 0. The first-order valence-corrected chi connectivity index (χ1v) is 13.7. The largest absolute Gasteiger partial charge is 0.481 e. The maximum Gasteiger partial charge on any atom is 0.316 e. The highest BCUT2D eigenvalue weighted by Gasteiger charge is 2.29. The van der Waals surface area contributed by atoms with Crippen molar-refractivity contribution in [3.05, 3.63) is 101 Å². The third-order valence-electron chi connectivity index (χ3n) is 7.29. The summed E-state index contributed by atoms with van der Waals surface area (Å²) in [4.78, 5) is 26.5. The second-order valence-corrected chi connectivity index (χ2v) is 11.6. The van der Waals surface area contributed by atoms with Crippen molar-refractivity contribution in [2.75, 3.05) is 13.1 Å². The molecule has 1 saturated heterocycles. The van der Waals surface area contributed by atoms with Crippen LogP contribution < -0.4 is 4.74 Å². The van der Waals surface area contributed by atoms with Crippen LogP contribution in [0.25, 0.3) is 11.1 Å². The highest BCUT2D eigenvalue weighted by Crippen LogP contribution is 2.37. The number of nitrogens with zero attached hydrogens (tertiary/aromatic N) is 1. The summed E-state index contributed by atoms with van der Waals surface area (Å²) in [5.74, 6) is -0.103. The van der Waals surface area contributed by atoms with Crippen LogP contribution in [-0.4, -0.2) is 41.1 Å². The van der Waals surface area contributed by atoms with Gasteiger partial charge in [-0.05, 0) is 86.6 Å². The van der Waals surface area contributed by atoms with Crippen molar-refractivity contribution in [2.24, 2.45) is 5.41 Å². The average Bonchev–Trinajstić information content (AvgIpc) is 2.86. The molecular formula is C34H39NO4. The van der Waals surface area contributed by atoms with Gasteiger partial charge in [-0.2, -0.15) is 0 Å². The molecule has 0 unspecified atom stereocenters. The molecule has 0 radical (unpaired) electrons.